The van der Waals surface area contributed by atoms with Crippen molar-refractivity contribution < 1.29 is 14.7 Å². The number of likely N-dealkylation sites (tertiary alicyclic amines) is 1. The van der Waals surface area contributed by atoms with Crippen LogP contribution in [0.5, 0.6) is 0 Å². The topological polar surface area (TPSA) is 69.6 Å². The molecule has 1 aromatic carbocycles. The Balaban J connectivity index is 1.59. The summed E-state index contributed by atoms with van der Waals surface area (Å²) in [4.78, 5) is 26.7. The SMILES string of the molecule is Cc1cc(SC2CCCCC2)ccc1NC(=O)N1CCC(C)(C(=O)O)C1. The van der Waals surface area contributed by atoms with Crippen LogP contribution in [0.1, 0.15) is 51.0 Å². The molecule has 0 aromatic heterocycles. The molecule has 1 unspecified atom stereocenters. The number of benzene rings is 1. The van der Waals surface area contributed by atoms with E-state index in [-0.39, 0.29) is 12.6 Å². The third-order valence-electron chi connectivity index (χ3n) is 5.57. The lowest BCUT2D eigenvalue weighted by Gasteiger charge is -2.22. The Morgan fingerprint density at radius 3 is 2.62 bits per heavy atom. The number of nitrogens with one attached hydrogen (secondary N) is 1. The van der Waals surface area contributed by atoms with Crippen LogP contribution in [-0.4, -0.2) is 40.3 Å². The second-order valence-corrected chi connectivity index (χ2v) is 9.20. The highest BCUT2D eigenvalue weighted by Crippen LogP contribution is 2.35. The zero-order chi connectivity index (χ0) is 18.7. The molecular formula is C20H28N2O3S. The molecular weight excluding hydrogens is 348 g/mol. The molecule has 5 nitrogen and oxygen atoms in total. The maximum atomic E-state index is 12.5. The number of carbonyl (C=O) groups excluding carboxylic acids is 1. The van der Waals surface area contributed by atoms with Crippen molar-refractivity contribution in [2.45, 2.75) is 62.5 Å². The largest absolute Gasteiger partial charge is 0.481 e. The molecule has 2 fully saturated rings. The van der Waals surface area contributed by atoms with Gasteiger partial charge in [-0.3, -0.25) is 4.79 Å². The minimum absolute atomic E-state index is 0.217. The van der Waals surface area contributed by atoms with Crippen LogP contribution in [0.3, 0.4) is 0 Å². The molecule has 1 aromatic rings. The van der Waals surface area contributed by atoms with Crippen LogP contribution in [-0.2, 0) is 4.79 Å². The van der Waals surface area contributed by atoms with Gasteiger partial charge in [-0.2, -0.15) is 0 Å². The van der Waals surface area contributed by atoms with E-state index in [1.165, 1.54) is 37.0 Å². The van der Waals surface area contributed by atoms with E-state index in [1.807, 2.05) is 24.8 Å². The fraction of sp³-hybridized carbons (Fsp3) is 0.600. The van der Waals surface area contributed by atoms with E-state index in [2.05, 4.69) is 17.4 Å². The van der Waals surface area contributed by atoms with Crippen LogP contribution in [0.2, 0.25) is 0 Å². The van der Waals surface area contributed by atoms with Gasteiger partial charge in [-0.1, -0.05) is 19.3 Å². The molecule has 2 N–H and O–H groups in total. The summed E-state index contributed by atoms with van der Waals surface area (Å²) in [7, 11) is 0. The monoisotopic (exact) mass is 376 g/mol. The molecule has 6 heteroatoms. The smallest absolute Gasteiger partial charge is 0.321 e. The van der Waals surface area contributed by atoms with Crippen molar-refractivity contribution in [2.24, 2.45) is 5.41 Å². The van der Waals surface area contributed by atoms with Gasteiger partial charge in [0.2, 0.25) is 0 Å². The lowest BCUT2D eigenvalue weighted by atomic mass is 9.90. The average molecular weight is 377 g/mol. The minimum Gasteiger partial charge on any atom is -0.481 e. The number of carboxylic acid groups (broad SMARTS) is 1. The first-order valence-corrected chi connectivity index (χ1v) is 10.3. The molecule has 3 rings (SSSR count). The van der Waals surface area contributed by atoms with Gasteiger partial charge in [0.1, 0.15) is 0 Å². The quantitative estimate of drug-likeness (QED) is 0.796. The first-order chi connectivity index (χ1) is 12.4. The maximum Gasteiger partial charge on any atom is 0.321 e. The summed E-state index contributed by atoms with van der Waals surface area (Å²) >= 11 is 1.95. The van der Waals surface area contributed by atoms with E-state index >= 15 is 0 Å². The number of rotatable bonds is 4. The molecule has 1 saturated carbocycles. The highest BCUT2D eigenvalue weighted by Gasteiger charge is 2.42. The van der Waals surface area contributed by atoms with Crippen LogP contribution < -0.4 is 5.32 Å². The van der Waals surface area contributed by atoms with Gasteiger partial charge in [0, 0.05) is 28.9 Å². The molecule has 26 heavy (non-hydrogen) atoms. The van der Waals surface area contributed by atoms with Gasteiger partial charge >= 0.3 is 12.0 Å². The number of urea groups is 1. The van der Waals surface area contributed by atoms with Crippen molar-refractivity contribution in [1.82, 2.24) is 4.90 Å². The Morgan fingerprint density at radius 2 is 2.00 bits per heavy atom. The van der Waals surface area contributed by atoms with E-state index < -0.39 is 11.4 Å². The van der Waals surface area contributed by atoms with Crippen molar-refractivity contribution in [3.05, 3.63) is 23.8 Å². The highest BCUT2D eigenvalue weighted by atomic mass is 32.2. The molecule has 0 radical (unpaired) electrons. The Labute approximate surface area is 159 Å². The van der Waals surface area contributed by atoms with Crippen LogP contribution in [0, 0.1) is 12.3 Å². The summed E-state index contributed by atoms with van der Waals surface area (Å²) in [5.41, 5.74) is 0.999. The van der Waals surface area contributed by atoms with E-state index in [0.29, 0.717) is 18.2 Å². The molecule has 2 aliphatic rings. The lowest BCUT2D eigenvalue weighted by molar-refractivity contribution is -0.146. The Hall–Kier alpha value is -1.69. The number of hydrogen-bond acceptors (Lipinski definition) is 3. The van der Waals surface area contributed by atoms with Crippen molar-refractivity contribution >= 4 is 29.4 Å². The molecule has 2 amide bonds. The summed E-state index contributed by atoms with van der Waals surface area (Å²) in [5.74, 6) is -0.840. The summed E-state index contributed by atoms with van der Waals surface area (Å²) < 4.78 is 0. The summed E-state index contributed by atoms with van der Waals surface area (Å²) in [6, 6.07) is 5.96. The number of carboxylic acids is 1. The number of nitrogens with zero attached hydrogens (tertiary/aromatic N) is 1. The predicted octanol–water partition coefficient (Wildman–Crippen LogP) is 4.75. The first kappa shape index (κ1) is 19.1. The Morgan fingerprint density at radius 1 is 1.27 bits per heavy atom. The number of aryl methyl sites for hydroxylation is 1. The third kappa shape index (κ3) is 4.34. The fourth-order valence-corrected chi connectivity index (χ4v) is 5.07. The molecule has 1 heterocycles. The standard InChI is InChI=1S/C20H28N2O3S/c1-14-12-16(26-15-6-4-3-5-7-15)8-9-17(14)21-19(25)22-11-10-20(2,13-22)18(23)24/h8-9,12,15H,3-7,10-11,13H2,1-2H3,(H,21,25)(H,23,24). The molecule has 1 aliphatic carbocycles. The van der Waals surface area contributed by atoms with Crippen molar-refractivity contribution in [3.63, 3.8) is 0 Å². The summed E-state index contributed by atoms with van der Waals surface area (Å²) in [6.07, 6.45) is 7.09. The van der Waals surface area contributed by atoms with Crippen LogP contribution in [0.15, 0.2) is 23.1 Å². The number of amides is 2. The van der Waals surface area contributed by atoms with Crippen LogP contribution >= 0.6 is 11.8 Å². The van der Waals surface area contributed by atoms with Gasteiger partial charge < -0.3 is 15.3 Å². The number of anilines is 1. The molecule has 1 atom stereocenters. The highest BCUT2D eigenvalue weighted by molar-refractivity contribution is 8.00. The van der Waals surface area contributed by atoms with E-state index in [9.17, 15) is 14.7 Å². The third-order valence-corrected chi connectivity index (χ3v) is 6.90. The van der Waals surface area contributed by atoms with Crippen molar-refractivity contribution in [3.8, 4) is 0 Å². The van der Waals surface area contributed by atoms with E-state index in [1.54, 1.807) is 11.8 Å². The first-order valence-electron chi connectivity index (χ1n) is 9.44. The predicted molar refractivity (Wildman–Crippen MR) is 105 cm³/mol. The minimum atomic E-state index is -0.840. The maximum absolute atomic E-state index is 12.5. The Kier molecular flexibility index (Phi) is 5.80. The number of thioether (sulfide) groups is 1. The molecule has 1 saturated heterocycles. The van der Waals surface area contributed by atoms with Crippen molar-refractivity contribution in [1.29, 1.82) is 0 Å². The van der Waals surface area contributed by atoms with E-state index in [4.69, 9.17) is 0 Å². The zero-order valence-electron chi connectivity index (χ0n) is 15.6. The molecule has 0 spiro atoms. The van der Waals surface area contributed by atoms with Crippen LogP contribution in [0.25, 0.3) is 0 Å². The normalized spacial score (nSPS) is 23.8. The van der Waals surface area contributed by atoms with E-state index in [0.717, 1.165) is 11.3 Å². The van der Waals surface area contributed by atoms with Gasteiger partial charge in [-0.05, 0) is 56.9 Å². The second kappa shape index (κ2) is 7.91. The Bertz CT molecular complexity index is 688. The average Bonchev–Trinajstić information content (AvgIpc) is 3.02. The number of aliphatic carboxylic acids is 1. The van der Waals surface area contributed by atoms with Gasteiger partial charge in [0.05, 0.1) is 5.41 Å². The van der Waals surface area contributed by atoms with Gasteiger partial charge in [0.25, 0.3) is 0 Å². The van der Waals surface area contributed by atoms with Gasteiger partial charge in [0.15, 0.2) is 0 Å². The summed E-state index contributed by atoms with van der Waals surface area (Å²) in [5, 5.41) is 13.0. The van der Waals surface area contributed by atoms with Gasteiger partial charge in [-0.25, -0.2) is 4.79 Å². The van der Waals surface area contributed by atoms with Gasteiger partial charge in [-0.15, -0.1) is 11.8 Å². The summed E-state index contributed by atoms with van der Waals surface area (Å²) in [6.45, 7) is 4.43. The molecule has 1 aliphatic heterocycles. The lowest BCUT2D eigenvalue weighted by Crippen LogP contribution is -2.37. The van der Waals surface area contributed by atoms with Crippen LogP contribution in [0.4, 0.5) is 10.5 Å². The fourth-order valence-electron chi connectivity index (χ4n) is 3.73. The van der Waals surface area contributed by atoms with Crippen molar-refractivity contribution in [2.75, 3.05) is 18.4 Å². The molecule has 142 valence electrons. The molecule has 0 bridgehead atoms. The number of carbonyl (C=O) groups is 2. The zero-order valence-corrected chi connectivity index (χ0v) is 16.4. The second-order valence-electron chi connectivity index (χ2n) is 7.82. The number of hydrogen-bond donors (Lipinski definition) is 2.